The molecular formula is C25H42N2O5Si. The maximum atomic E-state index is 12.9. The molecule has 1 aromatic rings. The minimum atomic E-state index is -1.90. The summed E-state index contributed by atoms with van der Waals surface area (Å²) < 4.78 is 17.4. The smallest absolute Gasteiger partial charge is 0.410 e. The van der Waals surface area contributed by atoms with Crippen molar-refractivity contribution in [2.45, 2.75) is 109 Å². The number of fused-ring (bicyclic) bond motifs is 2. The Kier molecular flexibility index (Phi) is 6.97. The number of pyridine rings is 1. The summed E-state index contributed by atoms with van der Waals surface area (Å²) in [6, 6.07) is 3.33. The van der Waals surface area contributed by atoms with Gasteiger partial charge in [0.15, 0.2) is 8.32 Å². The van der Waals surface area contributed by atoms with Gasteiger partial charge >= 0.3 is 6.09 Å². The summed E-state index contributed by atoms with van der Waals surface area (Å²) in [5.74, 6) is 0.511. The molecule has 186 valence electrons. The molecular weight excluding hydrogens is 436 g/mol. The van der Waals surface area contributed by atoms with Gasteiger partial charge in [0.05, 0.1) is 18.8 Å². The van der Waals surface area contributed by atoms with Crippen LogP contribution in [-0.2, 0) is 21.2 Å². The molecule has 0 saturated carbocycles. The first-order valence-corrected chi connectivity index (χ1v) is 14.9. The number of ether oxygens (including phenoxy) is 2. The Morgan fingerprint density at radius 3 is 2.45 bits per heavy atom. The zero-order valence-electron chi connectivity index (χ0n) is 21.8. The fourth-order valence-electron chi connectivity index (χ4n) is 4.73. The molecule has 3 rings (SSSR count). The van der Waals surface area contributed by atoms with Crippen LogP contribution in [0.25, 0.3) is 0 Å². The Morgan fingerprint density at radius 1 is 1.21 bits per heavy atom. The van der Waals surface area contributed by atoms with Crippen molar-refractivity contribution in [1.29, 1.82) is 0 Å². The highest BCUT2D eigenvalue weighted by Gasteiger charge is 2.59. The topological polar surface area (TPSA) is 81.1 Å². The second kappa shape index (κ2) is 8.85. The Morgan fingerprint density at radius 2 is 1.88 bits per heavy atom. The molecule has 0 aliphatic carbocycles. The zero-order chi connectivity index (χ0) is 24.8. The number of carbonyl (C=O) groups excluding carboxylic acids is 1. The minimum absolute atomic E-state index is 0.0340. The number of aromatic nitrogens is 1. The number of hydrogen-bond acceptors (Lipinski definition) is 6. The summed E-state index contributed by atoms with van der Waals surface area (Å²) in [5.41, 5.74) is -0.202. The number of rotatable bonds is 6. The monoisotopic (exact) mass is 478 g/mol. The summed E-state index contributed by atoms with van der Waals surface area (Å²) in [6.45, 7) is 17.2. The van der Waals surface area contributed by atoms with Crippen LogP contribution in [0, 0.1) is 0 Å². The van der Waals surface area contributed by atoms with Gasteiger partial charge in [0.1, 0.15) is 11.2 Å². The van der Waals surface area contributed by atoms with E-state index in [1.807, 2.05) is 26.8 Å². The molecule has 2 aliphatic heterocycles. The molecule has 1 amide bonds. The molecule has 33 heavy (non-hydrogen) atoms. The lowest BCUT2D eigenvalue weighted by Gasteiger charge is -2.37. The van der Waals surface area contributed by atoms with E-state index in [-0.39, 0.29) is 23.2 Å². The molecule has 8 heteroatoms. The van der Waals surface area contributed by atoms with Crippen molar-refractivity contribution in [2.75, 3.05) is 13.7 Å². The molecule has 2 saturated heterocycles. The van der Waals surface area contributed by atoms with Gasteiger partial charge in [-0.2, -0.15) is 0 Å². The summed E-state index contributed by atoms with van der Waals surface area (Å²) in [7, 11) is -0.310. The summed E-state index contributed by atoms with van der Waals surface area (Å²) in [6.07, 6.45) is 2.33. The average Bonchev–Trinajstić information content (AvgIpc) is 3.21. The molecule has 0 unspecified atom stereocenters. The Labute approximate surface area is 199 Å². The standard InChI is InChI=1S/C25H42N2O5Si/c1-23(2,3)32-22(28)27-17-10-12-20(27)25(29,16-17)18-11-13-21(30-7)26-19(18)14-15-31-33(8,9)24(4,5)6/h11,13,17,20,29H,10,12,14-16H2,1-9H3/t17-,20+,25-/m0/s1. The van der Waals surface area contributed by atoms with Gasteiger partial charge in [0, 0.05) is 37.1 Å². The Balaban J connectivity index is 1.86. The third-order valence-electron chi connectivity index (χ3n) is 7.44. The van der Waals surface area contributed by atoms with E-state index in [0.29, 0.717) is 25.3 Å². The van der Waals surface area contributed by atoms with Crippen LogP contribution in [0.5, 0.6) is 5.88 Å². The highest BCUT2D eigenvalue weighted by Crippen LogP contribution is 2.51. The maximum Gasteiger partial charge on any atom is 0.410 e. The number of amides is 1. The van der Waals surface area contributed by atoms with Crippen LogP contribution >= 0.6 is 0 Å². The van der Waals surface area contributed by atoms with E-state index in [2.05, 4.69) is 33.9 Å². The van der Waals surface area contributed by atoms with Crippen molar-refractivity contribution < 1.29 is 23.8 Å². The maximum absolute atomic E-state index is 12.9. The first kappa shape index (κ1) is 26.0. The molecule has 7 nitrogen and oxygen atoms in total. The van der Waals surface area contributed by atoms with Gasteiger partial charge in [0.25, 0.3) is 0 Å². The van der Waals surface area contributed by atoms with E-state index in [1.54, 1.807) is 18.1 Å². The second-order valence-corrected chi connectivity index (χ2v) is 16.8. The van der Waals surface area contributed by atoms with E-state index in [1.165, 1.54) is 0 Å². The number of nitrogens with zero attached hydrogens (tertiary/aromatic N) is 2. The molecule has 1 aromatic heterocycles. The van der Waals surface area contributed by atoms with Gasteiger partial charge in [-0.3, -0.25) is 4.90 Å². The van der Waals surface area contributed by atoms with Gasteiger partial charge < -0.3 is 19.0 Å². The third-order valence-corrected chi connectivity index (χ3v) is 12.0. The minimum Gasteiger partial charge on any atom is -0.481 e. The lowest BCUT2D eigenvalue weighted by Crippen LogP contribution is -2.45. The van der Waals surface area contributed by atoms with E-state index >= 15 is 0 Å². The van der Waals surface area contributed by atoms with E-state index in [9.17, 15) is 9.90 Å². The number of aliphatic hydroxyl groups is 1. The van der Waals surface area contributed by atoms with Crippen LogP contribution in [0.4, 0.5) is 4.79 Å². The Bertz CT molecular complexity index is 877. The van der Waals surface area contributed by atoms with Gasteiger partial charge in [0.2, 0.25) is 5.88 Å². The van der Waals surface area contributed by atoms with E-state index in [0.717, 1.165) is 24.1 Å². The van der Waals surface area contributed by atoms with Crippen molar-refractivity contribution in [3.63, 3.8) is 0 Å². The predicted octanol–water partition coefficient (Wildman–Crippen LogP) is 5.01. The normalized spacial score (nSPS) is 25.5. The number of hydrogen-bond donors (Lipinski definition) is 1. The molecule has 2 aliphatic rings. The fraction of sp³-hybridized carbons (Fsp3) is 0.760. The van der Waals surface area contributed by atoms with Gasteiger partial charge in [-0.25, -0.2) is 9.78 Å². The van der Waals surface area contributed by atoms with Crippen molar-refractivity contribution in [3.05, 3.63) is 23.4 Å². The van der Waals surface area contributed by atoms with Crippen LogP contribution in [0.15, 0.2) is 12.1 Å². The Hall–Kier alpha value is -1.64. The zero-order valence-corrected chi connectivity index (χ0v) is 22.8. The highest BCUT2D eigenvalue weighted by atomic mass is 28.4. The van der Waals surface area contributed by atoms with Gasteiger partial charge in [-0.05, 0) is 57.8 Å². The van der Waals surface area contributed by atoms with E-state index in [4.69, 9.17) is 18.9 Å². The molecule has 1 N–H and O–H groups in total. The fourth-order valence-corrected chi connectivity index (χ4v) is 5.77. The molecule has 0 aromatic carbocycles. The summed E-state index contributed by atoms with van der Waals surface area (Å²) in [4.78, 5) is 19.4. The number of methoxy groups -OCH3 is 1. The first-order valence-electron chi connectivity index (χ1n) is 12.0. The van der Waals surface area contributed by atoms with Crippen molar-refractivity contribution in [2.24, 2.45) is 0 Å². The van der Waals surface area contributed by atoms with Crippen LogP contribution in [0.1, 0.15) is 72.1 Å². The van der Waals surface area contributed by atoms with Gasteiger partial charge in [-0.15, -0.1) is 0 Å². The largest absolute Gasteiger partial charge is 0.481 e. The predicted molar refractivity (Wildman–Crippen MR) is 131 cm³/mol. The molecule has 0 radical (unpaired) electrons. The van der Waals surface area contributed by atoms with Crippen molar-refractivity contribution >= 4 is 14.4 Å². The van der Waals surface area contributed by atoms with Gasteiger partial charge in [-0.1, -0.05) is 20.8 Å². The summed E-state index contributed by atoms with van der Waals surface area (Å²) >= 11 is 0. The lowest BCUT2D eigenvalue weighted by molar-refractivity contribution is -0.0164. The average molecular weight is 479 g/mol. The van der Waals surface area contributed by atoms with Crippen LogP contribution in [0.3, 0.4) is 0 Å². The highest BCUT2D eigenvalue weighted by molar-refractivity contribution is 6.74. The molecule has 3 heterocycles. The quantitative estimate of drug-likeness (QED) is 0.579. The lowest BCUT2D eigenvalue weighted by atomic mass is 9.78. The SMILES string of the molecule is COc1ccc([C@@]2(O)C[C@@H]3CC[C@H]2N3C(=O)OC(C)(C)C)c(CCO[Si](C)(C)C(C)(C)C)n1. The summed E-state index contributed by atoms with van der Waals surface area (Å²) in [5, 5.41) is 12.1. The van der Waals surface area contributed by atoms with Crippen LogP contribution < -0.4 is 4.74 Å². The third kappa shape index (κ3) is 5.22. The van der Waals surface area contributed by atoms with Crippen molar-refractivity contribution in [3.8, 4) is 5.88 Å². The van der Waals surface area contributed by atoms with Crippen molar-refractivity contribution in [1.82, 2.24) is 9.88 Å². The number of carbonyl (C=O) groups is 1. The molecule has 2 bridgehead atoms. The molecule has 0 spiro atoms. The van der Waals surface area contributed by atoms with Crippen LogP contribution in [0.2, 0.25) is 18.1 Å². The molecule has 2 fully saturated rings. The molecule has 3 atom stereocenters. The van der Waals surface area contributed by atoms with E-state index < -0.39 is 19.5 Å². The second-order valence-electron chi connectivity index (χ2n) is 12.0. The first-order chi connectivity index (χ1) is 15.1. The van der Waals surface area contributed by atoms with Crippen LogP contribution in [-0.4, -0.2) is 60.8 Å².